The fourth-order valence-electron chi connectivity index (χ4n) is 6.10. The number of anilines is 1. The van der Waals surface area contributed by atoms with Gasteiger partial charge >= 0.3 is 0 Å². The summed E-state index contributed by atoms with van der Waals surface area (Å²) in [4.78, 5) is 2.43. The molecule has 3 heterocycles. The third kappa shape index (κ3) is 3.48. The fourth-order valence-corrected chi connectivity index (χ4v) is 6.10. The molecule has 1 fully saturated rings. The summed E-state index contributed by atoms with van der Waals surface area (Å²) >= 11 is 0. The smallest absolute Gasteiger partial charge is 0.176 e. The van der Waals surface area contributed by atoms with Crippen LogP contribution in [-0.4, -0.2) is 9.13 Å². The standard InChI is InChI=1S/C34H27N5/c1-4-12-24(13-5-1)33-35-36-34(38(33)27-16-8-3-9-17-27)39-30-19-11-10-18-28(30)29-23-31-25(22-32(29)39)20-21-37(31)26-14-6-2-7-15-26/h1-23,33-36H. The average molecular weight is 506 g/mol. The molecule has 0 saturated carbocycles. The van der Waals surface area contributed by atoms with Gasteiger partial charge in [-0.05, 0) is 54.1 Å². The topological polar surface area (TPSA) is 37.2 Å². The summed E-state index contributed by atoms with van der Waals surface area (Å²) in [5, 5.41) is 3.70. The molecule has 7 aromatic rings. The first-order valence-electron chi connectivity index (χ1n) is 13.4. The Labute approximate surface area is 226 Å². The van der Waals surface area contributed by atoms with E-state index in [-0.39, 0.29) is 12.5 Å². The molecule has 1 aliphatic heterocycles. The first kappa shape index (κ1) is 22.2. The van der Waals surface area contributed by atoms with Crippen LogP contribution in [-0.2, 0) is 0 Å². The third-order valence-corrected chi connectivity index (χ3v) is 7.86. The van der Waals surface area contributed by atoms with Crippen LogP contribution in [0.1, 0.15) is 18.0 Å². The highest BCUT2D eigenvalue weighted by Gasteiger charge is 2.36. The molecule has 1 aliphatic rings. The van der Waals surface area contributed by atoms with Crippen molar-refractivity contribution in [2.45, 2.75) is 12.5 Å². The Balaban J connectivity index is 1.37. The van der Waals surface area contributed by atoms with Crippen LogP contribution in [0.4, 0.5) is 5.69 Å². The van der Waals surface area contributed by atoms with Crippen molar-refractivity contribution >= 4 is 38.4 Å². The van der Waals surface area contributed by atoms with E-state index >= 15 is 0 Å². The number of hydrogen-bond donors (Lipinski definition) is 2. The highest BCUT2D eigenvalue weighted by atomic mass is 15.7. The van der Waals surface area contributed by atoms with Gasteiger partial charge in [-0.25, -0.2) is 10.9 Å². The van der Waals surface area contributed by atoms with Gasteiger partial charge in [0.25, 0.3) is 0 Å². The van der Waals surface area contributed by atoms with E-state index in [0.717, 1.165) is 5.69 Å². The zero-order valence-corrected chi connectivity index (χ0v) is 21.3. The highest BCUT2D eigenvalue weighted by molar-refractivity contribution is 6.12. The molecular formula is C34H27N5. The van der Waals surface area contributed by atoms with Crippen molar-refractivity contribution in [3.63, 3.8) is 0 Å². The third-order valence-electron chi connectivity index (χ3n) is 7.86. The van der Waals surface area contributed by atoms with Gasteiger partial charge in [-0.2, -0.15) is 0 Å². The Hall–Kier alpha value is -4.84. The van der Waals surface area contributed by atoms with Crippen molar-refractivity contribution in [2.75, 3.05) is 4.90 Å². The molecule has 39 heavy (non-hydrogen) atoms. The predicted molar refractivity (Wildman–Crippen MR) is 160 cm³/mol. The molecule has 5 nitrogen and oxygen atoms in total. The lowest BCUT2D eigenvalue weighted by Crippen LogP contribution is -2.33. The molecule has 2 unspecified atom stereocenters. The van der Waals surface area contributed by atoms with Crippen LogP contribution in [0.5, 0.6) is 0 Å². The largest absolute Gasteiger partial charge is 0.317 e. The van der Waals surface area contributed by atoms with Crippen LogP contribution in [0.15, 0.2) is 140 Å². The van der Waals surface area contributed by atoms with E-state index in [2.05, 4.69) is 165 Å². The van der Waals surface area contributed by atoms with Gasteiger partial charge in [0.15, 0.2) is 6.29 Å². The van der Waals surface area contributed by atoms with E-state index < -0.39 is 0 Å². The summed E-state index contributed by atoms with van der Waals surface area (Å²) in [6.45, 7) is 0. The van der Waals surface area contributed by atoms with Gasteiger partial charge in [0, 0.05) is 33.7 Å². The van der Waals surface area contributed by atoms with Crippen molar-refractivity contribution in [3.05, 3.63) is 145 Å². The second-order valence-electron chi connectivity index (χ2n) is 10.1. The molecule has 2 N–H and O–H groups in total. The number of hydrazine groups is 1. The average Bonchev–Trinajstić information content (AvgIpc) is 3.71. The van der Waals surface area contributed by atoms with Gasteiger partial charge in [-0.1, -0.05) is 84.9 Å². The minimum absolute atomic E-state index is 0.0299. The minimum atomic E-state index is -0.145. The van der Waals surface area contributed by atoms with Gasteiger partial charge in [0.05, 0.1) is 16.6 Å². The van der Waals surface area contributed by atoms with Crippen LogP contribution in [0.2, 0.25) is 0 Å². The summed E-state index contributed by atoms with van der Waals surface area (Å²) < 4.78 is 4.71. The van der Waals surface area contributed by atoms with Crippen LogP contribution >= 0.6 is 0 Å². The molecule has 5 aromatic carbocycles. The minimum Gasteiger partial charge on any atom is -0.317 e. The van der Waals surface area contributed by atoms with E-state index in [0.29, 0.717) is 0 Å². The lowest BCUT2D eigenvalue weighted by Gasteiger charge is -2.32. The highest BCUT2D eigenvalue weighted by Crippen LogP contribution is 2.40. The number of para-hydroxylation sites is 3. The zero-order valence-electron chi connectivity index (χ0n) is 21.3. The molecule has 1 saturated heterocycles. The number of aromatic nitrogens is 2. The Morgan fingerprint density at radius 2 is 1.18 bits per heavy atom. The molecular weight excluding hydrogens is 478 g/mol. The molecule has 0 aliphatic carbocycles. The second-order valence-corrected chi connectivity index (χ2v) is 10.1. The molecule has 0 amide bonds. The maximum Gasteiger partial charge on any atom is 0.176 e. The summed E-state index contributed by atoms with van der Waals surface area (Å²) in [6, 6.07) is 47.5. The summed E-state index contributed by atoms with van der Waals surface area (Å²) in [5.74, 6) is 0. The maximum atomic E-state index is 3.65. The SMILES string of the molecule is c1ccc(C2NNC(n3c4ccccc4c4cc5c(ccn5-c5ccccc5)cc43)N2c2ccccc2)cc1. The molecule has 2 atom stereocenters. The van der Waals surface area contributed by atoms with Crippen molar-refractivity contribution in [2.24, 2.45) is 0 Å². The van der Waals surface area contributed by atoms with E-state index in [4.69, 9.17) is 0 Å². The van der Waals surface area contributed by atoms with Crippen molar-refractivity contribution in [1.82, 2.24) is 20.0 Å². The van der Waals surface area contributed by atoms with Gasteiger partial charge in [0.2, 0.25) is 0 Å². The number of benzene rings is 5. The lowest BCUT2D eigenvalue weighted by atomic mass is 10.1. The van der Waals surface area contributed by atoms with Crippen molar-refractivity contribution in [3.8, 4) is 5.69 Å². The number of hydrogen-bond acceptors (Lipinski definition) is 3. The Kier molecular flexibility index (Phi) is 5.05. The van der Waals surface area contributed by atoms with E-state index in [1.54, 1.807) is 0 Å². The first-order valence-corrected chi connectivity index (χ1v) is 13.4. The molecule has 0 spiro atoms. The zero-order chi connectivity index (χ0) is 25.8. The number of nitrogens with zero attached hydrogens (tertiary/aromatic N) is 3. The van der Waals surface area contributed by atoms with Crippen LogP contribution in [0, 0.1) is 0 Å². The van der Waals surface area contributed by atoms with Crippen LogP contribution in [0.25, 0.3) is 38.4 Å². The van der Waals surface area contributed by atoms with Crippen LogP contribution in [0.3, 0.4) is 0 Å². The second kappa shape index (κ2) is 8.88. The predicted octanol–water partition coefficient (Wildman–Crippen LogP) is 7.51. The number of rotatable bonds is 4. The van der Waals surface area contributed by atoms with Crippen LogP contribution < -0.4 is 15.8 Å². The maximum absolute atomic E-state index is 3.65. The van der Waals surface area contributed by atoms with Gasteiger partial charge in [0.1, 0.15) is 6.17 Å². The number of nitrogens with one attached hydrogen (secondary N) is 2. The van der Waals surface area contributed by atoms with Gasteiger partial charge < -0.3 is 14.0 Å². The Morgan fingerprint density at radius 1 is 0.513 bits per heavy atom. The van der Waals surface area contributed by atoms with E-state index in [1.807, 2.05) is 0 Å². The van der Waals surface area contributed by atoms with Gasteiger partial charge in [-0.3, -0.25) is 0 Å². The normalized spacial score (nSPS) is 17.5. The summed E-state index contributed by atoms with van der Waals surface area (Å²) in [6.07, 6.45) is 1.99. The lowest BCUT2D eigenvalue weighted by molar-refractivity contribution is 0.464. The van der Waals surface area contributed by atoms with Crippen molar-refractivity contribution < 1.29 is 0 Å². The Morgan fingerprint density at radius 3 is 1.95 bits per heavy atom. The molecule has 188 valence electrons. The molecule has 2 aromatic heterocycles. The fraction of sp³-hybridized carbons (Fsp3) is 0.0588. The van der Waals surface area contributed by atoms with Gasteiger partial charge in [-0.15, -0.1) is 0 Å². The summed E-state index contributed by atoms with van der Waals surface area (Å²) in [5.41, 5.74) is 14.4. The molecule has 0 bridgehead atoms. The summed E-state index contributed by atoms with van der Waals surface area (Å²) in [7, 11) is 0. The number of fused-ring (bicyclic) bond motifs is 4. The van der Waals surface area contributed by atoms with E-state index in [1.165, 1.54) is 44.0 Å². The molecule has 5 heteroatoms. The molecule has 0 radical (unpaired) electrons. The molecule has 8 rings (SSSR count). The van der Waals surface area contributed by atoms with Crippen molar-refractivity contribution in [1.29, 1.82) is 0 Å². The Bertz CT molecular complexity index is 1920. The quantitative estimate of drug-likeness (QED) is 0.260. The van der Waals surface area contributed by atoms with E-state index in [9.17, 15) is 0 Å². The monoisotopic (exact) mass is 505 g/mol. The first-order chi connectivity index (χ1) is 19.4.